The number of nitrogens with two attached hydrogens (primary N) is 1. The van der Waals surface area contributed by atoms with Gasteiger partial charge in [0.1, 0.15) is 5.75 Å². The van der Waals surface area contributed by atoms with Crippen LogP contribution in [0.15, 0.2) is 53.5 Å². The summed E-state index contributed by atoms with van der Waals surface area (Å²) < 4.78 is 10.8. The van der Waals surface area contributed by atoms with Crippen molar-refractivity contribution in [2.75, 3.05) is 19.0 Å². The van der Waals surface area contributed by atoms with Gasteiger partial charge >= 0.3 is 0 Å². The lowest BCUT2D eigenvalue weighted by Gasteiger charge is -2.11. The third-order valence-electron chi connectivity index (χ3n) is 3.37. The number of aliphatic imine (C=N–C) groups is 1. The Morgan fingerprint density at radius 2 is 1.78 bits per heavy atom. The standard InChI is InChI=1S/C18H23N3O2/c1-3-23-13-15-9-5-4-8-14(15)12-20-18(19)21-16-10-6-7-11-17(16)22-2/h4-11H,3,12-13H2,1-2H3,(H3,19,20,21). The van der Waals surface area contributed by atoms with E-state index in [0.29, 0.717) is 25.7 Å². The quantitative estimate of drug-likeness (QED) is 0.608. The summed E-state index contributed by atoms with van der Waals surface area (Å²) in [7, 11) is 1.62. The monoisotopic (exact) mass is 313 g/mol. The maximum atomic E-state index is 5.98. The topological polar surface area (TPSA) is 68.9 Å². The minimum absolute atomic E-state index is 0.348. The van der Waals surface area contributed by atoms with E-state index < -0.39 is 0 Å². The fourth-order valence-corrected chi connectivity index (χ4v) is 2.16. The summed E-state index contributed by atoms with van der Waals surface area (Å²) in [5.41, 5.74) is 9.00. The van der Waals surface area contributed by atoms with E-state index in [0.717, 1.165) is 22.6 Å². The molecule has 0 aliphatic heterocycles. The minimum atomic E-state index is 0.348. The first-order chi connectivity index (χ1) is 11.2. The molecular formula is C18H23N3O2. The highest BCUT2D eigenvalue weighted by Crippen LogP contribution is 2.22. The molecule has 0 amide bonds. The number of ether oxygens (including phenoxy) is 2. The van der Waals surface area contributed by atoms with Crippen LogP contribution in [0.1, 0.15) is 18.1 Å². The summed E-state index contributed by atoms with van der Waals surface area (Å²) in [6.45, 7) is 3.75. The smallest absolute Gasteiger partial charge is 0.193 e. The number of benzene rings is 2. The Hall–Kier alpha value is -2.53. The molecule has 0 saturated carbocycles. The lowest BCUT2D eigenvalue weighted by Crippen LogP contribution is -2.23. The Morgan fingerprint density at radius 1 is 1.09 bits per heavy atom. The average molecular weight is 313 g/mol. The first kappa shape index (κ1) is 16.8. The van der Waals surface area contributed by atoms with E-state index in [4.69, 9.17) is 15.2 Å². The zero-order chi connectivity index (χ0) is 16.5. The highest BCUT2D eigenvalue weighted by atomic mass is 16.5. The molecule has 0 radical (unpaired) electrons. The molecule has 2 rings (SSSR count). The van der Waals surface area contributed by atoms with Gasteiger partial charge in [-0.3, -0.25) is 0 Å². The number of rotatable bonds is 7. The Kier molecular flexibility index (Phi) is 6.44. The zero-order valence-corrected chi connectivity index (χ0v) is 13.6. The van der Waals surface area contributed by atoms with Crippen LogP contribution < -0.4 is 15.8 Å². The summed E-state index contributed by atoms with van der Waals surface area (Å²) in [5.74, 6) is 1.07. The van der Waals surface area contributed by atoms with Crippen molar-refractivity contribution in [3.05, 3.63) is 59.7 Å². The van der Waals surface area contributed by atoms with Gasteiger partial charge in [0.15, 0.2) is 5.96 Å². The molecule has 0 atom stereocenters. The number of hydrogen-bond donors (Lipinski definition) is 2. The normalized spacial score (nSPS) is 11.3. The molecule has 0 spiro atoms. The fourth-order valence-electron chi connectivity index (χ4n) is 2.16. The van der Waals surface area contributed by atoms with E-state index >= 15 is 0 Å². The van der Waals surface area contributed by atoms with Crippen molar-refractivity contribution < 1.29 is 9.47 Å². The molecule has 0 saturated heterocycles. The molecule has 5 heteroatoms. The van der Waals surface area contributed by atoms with Crippen LogP contribution in [0.2, 0.25) is 0 Å². The molecule has 23 heavy (non-hydrogen) atoms. The lowest BCUT2D eigenvalue weighted by molar-refractivity contribution is 0.133. The van der Waals surface area contributed by atoms with E-state index in [1.54, 1.807) is 7.11 Å². The van der Waals surface area contributed by atoms with E-state index in [-0.39, 0.29) is 0 Å². The maximum Gasteiger partial charge on any atom is 0.193 e. The Morgan fingerprint density at radius 3 is 2.52 bits per heavy atom. The van der Waals surface area contributed by atoms with Gasteiger partial charge in [0.25, 0.3) is 0 Å². The molecule has 0 fully saturated rings. The molecule has 0 bridgehead atoms. The van der Waals surface area contributed by atoms with Gasteiger partial charge in [-0.1, -0.05) is 36.4 Å². The Labute approximate surface area is 137 Å². The van der Waals surface area contributed by atoms with Gasteiger partial charge in [-0.05, 0) is 30.2 Å². The molecule has 0 heterocycles. The van der Waals surface area contributed by atoms with Gasteiger partial charge in [0, 0.05) is 6.61 Å². The van der Waals surface area contributed by atoms with E-state index in [9.17, 15) is 0 Å². The van der Waals surface area contributed by atoms with Crippen molar-refractivity contribution in [1.29, 1.82) is 0 Å². The van der Waals surface area contributed by atoms with Gasteiger partial charge in [-0.25, -0.2) is 4.99 Å². The third kappa shape index (κ3) is 5.00. The third-order valence-corrected chi connectivity index (χ3v) is 3.37. The summed E-state index contributed by atoms with van der Waals surface area (Å²) in [5, 5.41) is 3.07. The molecule has 122 valence electrons. The number of hydrogen-bond acceptors (Lipinski definition) is 3. The summed E-state index contributed by atoms with van der Waals surface area (Å²) in [6.07, 6.45) is 0. The summed E-state index contributed by atoms with van der Waals surface area (Å²) >= 11 is 0. The first-order valence-corrected chi connectivity index (χ1v) is 7.59. The largest absolute Gasteiger partial charge is 0.495 e. The van der Waals surface area contributed by atoms with Crippen LogP contribution in [0.25, 0.3) is 0 Å². The highest BCUT2D eigenvalue weighted by Gasteiger charge is 2.04. The molecule has 0 aliphatic rings. The second kappa shape index (κ2) is 8.80. The van der Waals surface area contributed by atoms with Crippen molar-refractivity contribution in [3.8, 4) is 5.75 Å². The molecule has 0 unspecified atom stereocenters. The summed E-state index contributed by atoms with van der Waals surface area (Å²) in [6, 6.07) is 15.6. The molecule has 3 N–H and O–H groups in total. The second-order valence-electron chi connectivity index (χ2n) is 4.93. The fraction of sp³-hybridized carbons (Fsp3) is 0.278. The zero-order valence-electron chi connectivity index (χ0n) is 13.6. The number of para-hydroxylation sites is 2. The summed E-state index contributed by atoms with van der Waals surface area (Å²) in [4.78, 5) is 4.41. The van der Waals surface area contributed by atoms with Gasteiger partial charge < -0.3 is 20.5 Å². The number of nitrogens with zero attached hydrogens (tertiary/aromatic N) is 1. The first-order valence-electron chi connectivity index (χ1n) is 7.59. The average Bonchev–Trinajstić information content (AvgIpc) is 2.59. The van der Waals surface area contributed by atoms with Gasteiger partial charge in [-0.15, -0.1) is 0 Å². The second-order valence-corrected chi connectivity index (χ2v) is 4.93. The molecule has 0 aliphatic carbocycles. The SMILES string of the molecule is CCOCc1ccccc1CN=C(N)Nc1ccccc1OC. The Balaban J connectivity index is 2.05. The van der Waals surface area contributed by atoms with Crippen molar-refractivity contribution in [1.82, 2.24) is 0 Å². The number of guanidine groups is 1. The number of nitrogens with one attached hydrogen (secondary N) is 1. The van der Waals surface area contributed by atoms with Gasteiger partial charge in [0.2, 0.25) is 0 Å². The van der Waals surface area contributed by atoms with Crippen molar-refractivity contribution in [3.63, 3.8) is 0 Å². The van der Waals surface area contributed by atoms with Crippen LogP contribution >= 0.6 is 0 Å². The van der Waals surface area contributed by atoms with Crippen molar-refractivity contribution >= 4 is 11.6 Å². The number of methoxy groups -OCH3 is 1. The van der Waals surface area contributed by atoms with Crippen LogP contribution in [0.5, 0.6) is 5.75 Å². The van der Waals surface area contributed by atoms with E-state index in [1.165, 1.54) is 0 Å². The predicted octanol–water partition coefficient (Wildman–Crippen LogP) is 3.16. The molecular weight excluding hydrogens is 290 g/mol. The molecule has 2 aromatic rings. The van der Waals surface area contributed by atoms with Crippen LogP contribution in [0.4, 0.5) is 5.69 Å². The van der Waals surface area contributed by atoms with Crippen LogP contribution in [-0.2, 0) is 17.9 Å². The van der Waals surface area contributed by atoms with Crippen LogP contribution in [0, 0.1) is 0 Å². The number of anilines is 1. The lowest BCUT2D eigenvalue weighted by atomic mass is 10.1. The van der Waals surface area contributed by atoms with E-state index in [1.807, 2.05) is 55.5 Å². The predicted molar refractivity (Wildman–Crippen MR) is 93.7 cm³/mol. The van der Waals surface area contributed by atoms with Crippen LogP contribution in [0.3, 0.4) is 0 Å². The van der Waals surface area contributed by atoms with Crippen molar-refractivity contribution in [2.45, 2.75) is 20.1 Å². The molecule has 2 aromatic carbocycles. The van der Waals surface area contributed by atoms with Crippen molar-refractivity contribution in [2.24, 2.45) is 10.7 Å². The minimum Gasteiger partial charge on any atom is -0.495 e. The van der Waals surface area contributed by atoms with Crippen LogP contribution in [-0.4, -0.2) is 19.7 Å². The molecule has 0 aromatic heterocycles. The maximum absolute atomic E-state index is 5.98. The molecule has 5 nitrogen and oxygen atoms in total. The Bertz CT molecular complexity index is 656. The van der Waals surface area contributed by atoms with E-state index in [2.05, 4.69) is 10.3 Å². The highest BCUT2D eigenvalue weighted by molar-refractivity contribution is 5.93. The van der Waals surface area contributed by atoms with Gasteiger partial charge in [-0.2, -0.15) is 0 Å². The van der Waals surface area contributed by atoms with Gasteiger partial charge in [0.05, 0.1) is 25.9 Å².